The molecule has 0 aromatic carbocycles. The average molecular weight is 289 g/mol. The number of nitrogens with one attached hydrogen (secondary N) is 1. The maximum absolute atomic E-state index is 12.8. The van der Waals surface area contributed by atoms with Gasteiger partial charge in [0.15, 0.2) is 0 Å². The molecule has 0 saturated carbocycles. The summed E-state index contributed by atoms with van der Waals surface area (Å²) in [5.41, 5.74) is 0. The molecule has 0 bridgehead atoms. The molecule has 2 rings (SSSR count). The van der Waals surface area contributed by atoms with E-state index in [4.69, 9.17) is 0 Å². The van der Waals surface area contributed by atoms with Gasteiger partial charge in [0.2, 0.25) is 0 Å². The summed E-state index contributed by atoms with van der Waals surface area (Å²) in [6, 6.07) is 0.141. The summed E-state index contributed by atoms with van der Waals surface area (Å²) in [5, 5.41) is 3.27. The molecule has 0 amide bonds. The maximum atomic E-state index is 12.8. The van der Waals surface area contributed by atoms with E-state index in [-0.39, 0.29) is 6.04 Å². The Hall–Kier alpha value is -0.170. The first kappa shape index (κ1) is 15.2. The number of hydrogen-bond donors (Lipinski definition) is 1. The van der Waals surface area contributed by atoms with Gasteiger partial charge in [-0.15, -0.1) is 0 Å². The highest BCUT2D eigenvalue weighted by molar-refractivity contribution is 7.86. The van der Waals surface area contributed by atoms with Gasteiger partial charge in [0.05, 0.1) is 0 Å². The largest absolute Gasteiger partial charge is 0.315 e. The molecule has 19 heavy (non-hydrogen) atoms. The van der Waals surface area contributed by atoms with Crippen molar-refractivity contribution in [2.75, 3.05) is 32.7 Å². The Morgan fingerprint density at radius 2 is 2.16 bits per heavy atom. The first-order valence-electron chi connectivity index (χ1n) is 7.53. The zero-order chi connectivity index (χ0) is 13.9. The molecule has 112 valence electrons. The minimum absolute atomic E-state index is 0.141. The topological polar surface area (TPSA) is 52.7 Å². The van der Waals surface area contributed by atoms with E-state index in [2.05, 4.69) is 12.2 Å². The Morgan fingerprint density at radius 3 is 2.74 bits per heavy atom. The summed E-state index contributed by atoms with van der Waals surface area (Å²) >= 11 is 0. The van der Waals surface area contributed by atoms with Crippen LogP contribution in [-0.2, 0) is 10.2 Å². The zero-order valence-electron chi connectivity index (χ0n) is 12.1. The minimum atomic E-state index is -3.28. The maximum Gasteiger partial charge on any atom is 0.282 e. The molecular weight excluding hydrogens is 262 g/mol. The van der Waals surface area contributed by atoms with Crippen molar-refractivity contribution in [3.63, 3.8) is 0 Å². The molecule has 2 heterocycles. The predicted octanol–water partition coefficient (Wildman–Crippen LogP) is 1.04. The van der Waals surface area contributed by atoms with Crippen LogP contribution >= 0.6 is 0 Å². The van der Waals surface area contributed by atoms with Gasteiger partial charge in [-0.2, -0.15) is 17.0 Å². The van der Waals surface area contributed by atoms with Crippen LogP contribution in [-0.4, -0.2) is 55.8 Å². The van der Waals surface area contributed by atoms with Crippen LogP contribution in [0.5, 0.6) is 0 Å². The molecule has 0 radical (unpaired) electrons. The molecule has 0 spiro atoms. The van der Waals surface area contributed by atoms with Crippen molar-refractivity contribution < 1.29 is 8.42 Å². The molecule has 2 saturated heterocycles. The zero-order valence-corrected chi connectivity index (χ0v) is 13.0. The Balaban J connectivity index is 2.13. The van der Waals surface area contributed by atoms with E-state index in [1.807, 2.05) is 6.92 Å². The number of piperidine rings is 1. The van der Waals surface area contributed by atoms with E-state index in [9.17, 15) is 8.42 Å². The standard InChI is InChI=1S/C13H27N3O2S/c1-3-8-16(13-6-7-14-10-13)19(17,18)15-9-4-5-12(2)11-15/h12-14H,3-11H2,1-2H3. The van der Waals surface area contributed by atoms with E-state index in [1.165, 1.54) is 0 Å². The van der Waals surface area contributed by atoms with Crippen LogP contribution in [0.15, 0.2) is 0 Å². The molecule has 2 aliphatic heterocycles. The second-order valence-corrected chi connectivity index (χ2v) is 7.75. The molecule has 5 nitrogen and oxygen atoms in total. The molecule has 6 heteroatoms. The second kappa shape index (κ2) is 6.52. The highest BCUT2D eigenvalue weighted by Gasteiger charge is 2.37. The fourth-order valence-electron chi connectivity index (χ4n) is 3.10. The van der Waals surface area contributed by atoms with E-state index in [0.717, 1.165) is 38.8 Å². The SMILES string of the molecule is CCCN(C1CCNC1)S(=O)(=O)N1CCCC(C)C1. The van der Waals surface area contributed by atoms with Crippen LogP contribution in [0.3, 0.4) is 0 Å². The highest BCUT2D eigenvalue weighted by atomic mass is 32.2. The van der Waals surface area contributed by atoms with Crippen molar-refractivity contribution in [3.8, 4) is 0 Å². The summed E-state index contributed by atoms with van der Waals surface area (Å²) in [6.07, 6.45) is 3.94. The average Bonchev–Trinajstić information content (AvgIpc) is 2.89. The fourth-order valence-corrected chi connectivity index (χ4v) is 5.17. The first-order valence-corrected chi connectivity index (χ1v) is 8.93. The summed E-state index contributed by atoms with van der Waals surface area (Å²) in [6.45, 7) is 7.92. The van der Waals surface area contributed by atoms with Crippen LogP contribution < -0.4 is 5.32 Å². The van der Waals surface area contributed by atoms with Gasteiger partial charge in [0, 0.05) is 32.2 Å². The first-order chi connectivity index (χ1) is 9.05. The van der Waals surface area contributed by atoms with Gasteiger partial charge in [-0.1, -0.05) is 13.8 Å². The van der Waals surface area contributed by atoms with Crippen LogP contribution in [0.25, 0.3) is 0 Å². The molecular formula is C13H27N3O2S. The quantitative estimate of drug-likeness (QED) is 0.823. The van der Waals surface area contributed by atoms with E-state index in [1.54, 1.807) is 8.61 Å². The van der Waals surface area contributed by atoms with Crippen LogP contribution in [0.1, 0.15) is 39.5 Å². The molecule has 1 N–H and O–H groups in total. The molecule has 2 aliphatic rings. The normalized spacial score (nSPS) is 30.1. The monoisotopic (exact) mass is 289 g/mol. The Kier molecular flexibility index (Phi) is 5.22. The van der Waals surface area contributed by atoms with Gasteiger partial charge < -0.3 is 5.32 Å². The molecule has 2 unspecified atom stereocenters. The van der Waals surface area contributed by atoms with Crippen molar-refractivity contribution in [2.24, 2.45) is 5.92 Å². The van der Waals surface area contributed by atoms with Crippen molar-refractivity contribution in [1.29, 1.82) is 0 Å². The summed E-state index contributed by atoms with van der Waals surface area (Å²) < 4.78 is 29.1. The van der Waals surface area contributed by atoms with Crippen LogP contribution in [0.4, 0.5) is 0 Å². The summed E-state index contributed by atoms with van der Waals surface area (Å²) in [4.78, 5) is 0. The Morgan fingerprint density at radius 1 is 1.37 bits per heavy atom. The van der Waals surface area contributed by atoms with Gasteiger partial charge in [-0.3, -0.25) is 0 Å². The van der Waals surface area contributed by atoms with Crippen LogP contribution in [0.2, 0.25) is 0 Å². The fraction of sp³-hybridized carbons (Fsp3) is 1.00. The summed E-state index contributed by atoms with van der Waals surface area (Å²) in [5.74, 6) is 0.480. The molecule has 2 fully saturated rings. The van der Waals surface area contributed by atoms with E-state index < -0.39 is 10.2 Å². The van der Waals surface area contributed by atoms with Gasteiger partial charge in [-0.25, -0.2) is 0 Å². The van der Waals surface area contributed by atoms with Crippen LogP contribution in [0, 0.1) is 5.92 Å². The van der Waals surface area contributed by atoms with Crippen molar-refractivity contribution in [1.82, 2.24) is 13.9 Å². The summed E-state index contributed by atoms with van der Waals surface area (Å²) in [7, 11) is -3.28. The molecule has 0 aliphatic carbocycles. The van der Waals surface area contributed by atoms with Gasteiger partial charge in [0.25, 0.3) is 10.2 Å². The number of nitrogens with zero attached hydrogens (tertiary/aromatic N) is 2. The number of rotatable bonds is 5. The van der Waals surface area contributed by atoms with Crippen molar-refractivity contribution in [2.45, 2.75) is 45.6 Å². The van der Waals surface area contributed by atoms with Gasteiger partial charge >= 0.3 is 0 Å². The lowest BCUT2D eigenvalue weighted by Crippen LogP contribution is -2.52. The predicted molar refractivity (Wildman–Crippen MR) is 77.2 cm³/mol. The third-order valence-corrected chi connectivity index (χ3v) is 6.19. The second-order valence-electron chi connectivity index (χ2n) is 5.87. The van der Waals surface area contributed by atoms with E-state index >= 15 is 0 Å². The third-order valence-electron chi connectivity index (χ3n) is 4.13. The minimum Gasteiger partial charge on any atom is -0.315 e. The van der Waals surface area contributed by atoms with Crippen molar-refractivity contribution >= 4 is 10.2 Å². The van der Waals surface area contributed by atoms with E-state index in [0.29, 0.717) is 25.6 Å². The molecule has 2 atom stereocenters. The Labute approximate surface area is 117 Å². The van der Waals surface area contributed by atoms with Gasteiger partial charge in [-0.05, 0) is 38.1 Å². The molecule has 0 aromatic heterocycles. The number of hydrogen-bond acceptors (Lipinski definition) is 3. The van der Waals surface area contributed by atoms with Gasteiger partial charge in [0.1, 0.15) is 0 Å². The van der Waals surface area contributed by atoms with Crippen molar-refractivity contribution in [3.05, 3.63) is 0 Å². The lowest BCUT2D eigenvalue weighted by atomic mass is 10.0. The highest BCUT2D eigenvalue weighted by Crippen LogP contribution is 2.23. The Bertz CT molecular complexity index is 379. The third kappa shape index (κ3) is 3.48. The molecule has 0 aromatic rings. The smallest absolute Gasteiger partial charge is 0.282 e. The lowest BCUT2D eigenvalue weighted by Gasteiger charge is -2.36. The lowest BCUT2D eigenvalue weighted by molar-refractivity contribution is 0.242.